The zero-order valence-electron chi connectivity index (χ0n) is 12.9. The van der Waals surface area contributed by atoms with E-state index >= 15 is 0 Å². The van der Waals surface area contributed by atoms with E-state index in [0.717, 1.165) is 31.4 Å². The SMILES string of the molecule is O=C(C1COCCO1)N1CCC(c2nc3ccccc3s2)CC1. The van der Waals surface area contributed by atoms with Crippen molar-refractivity contribution in [2.24, 2.45) is 0 Å². The van der Waals surface area contributed by atoms with Gasteiger partial charge in [-0.25, -0.2) is 4.98 Å². The second-order valence-corrected chi connectivity index (χ2v) is 7.12. The molecule has 1 amide bonds. The Morgan fingerprint density at radius 1 is 1.22 bits per heavy atom. The minimum atomic E-state index is -0.414. The first kappa shape index (κ1) is 15.1. The van der Waals surface area contributed by atoms with Crippen LogP contribution in [0.15, 0.2) is 24.3 Å². The van der Waals surface area contributed by atoms with Gasteiger partial charge in [0.1, 0.15) is 0 Å². The van der Waals surface area contributed by atoms with Crippen LogP contribution < -0.4 is 0 Å². The standard InChI is InChI=1S/C17H20N2O3S/c20-17(14-11-21-9-10-22-14)19-7-5-12(6-8-19)16-18-13-3-1-2-4-15(13)23-16/h1-4,12,14H,5-11H2. The number of carbonyl (C=O) groups is 1. The molecule has 2 aliphatic heterocycles. The highest BCUT2D eigenvalue weighted by Crippen LogP contribution is 2.34. The van der Waals surface area contributed by atoms with Crippen LogP contribution in [0.4, 0.5) is 0 Å². The zero-order chi connectivity index (χ0) is 15.6. The number of ether oxygens (including phenoxy) is 2. The Labute approximate surface area is 139 Å². The van der Waals surface area contributed by atoms with E-state index in [4.69, 9.17) is 14.5 Å². The summed E-state index contributed by atoms with van der Waals surface area (Å²) >= 11 is 1.78. The van der Waals surface area contributed by atoms with Gasteiger partial charge in [-0.1, -0.05) is 12.1 Å². The quantitative estimate of drug-likeness (QED) is 0.847. The second-order valence-electron chi connectivity index (χ2n) is 6.05. The largest absolute Gasteiger partial charge is 0.376 e. The molecule has 0 aliphatic carbocycles. The number of carbonyl (C=O) groups excluding carboxylic acids is 1. The van der Waals surface area contributed by atoms with Crippen molar-refractivity contribution in [2.45, 2.75) is 24.9 Å². The Hall–Kier alpha value is -1.50. The molecular formula is C17H20N2O3S. The van der Waals surface area contributed by atoms with Gasteiger partial charge in [0.15, 0.2) is 6.10 Å². The number of para-hydroxylation sites is 1. The summed E-state index contributed by atoms with van der Waals surface area (Å²) in [5.41, 5.74) is 1.08. The summed E-state index contributed by atoms with van der Waals surface area (Å²) in [6.07, 6.45) is 1.53. The Bertz CT molecular complexity index is 655. The van der Waals surface area contributed by atoms with Crippen molar-refractivity contribution in [3.05, 3.63) is 29.3 Å². The molecule has 3 heterocycles. The lowest BCUT2D eigenvalue weighted by molar-refractivity contribution is -0.158. The van der Waals surface area contributed by atoms with Crippen LogP contribution >= 0.6 is 11.3 Å². The number of likely N-dealkylation sites (tertiary alicyclic amines) is 1. The predicted octanol–water partition coefficient (Wildman–Crippen LogP) is 2.42. The molecule has 2 aliphatic rings. The van der Waals surface area contributed by atoms with Crippen LogP contribution in [-0.4, -0.2) is 54.8 Å². The van der Waals surface area contributed by atoms with Gasteiger partial charge in [-0.05, 0) is 25.0 Å². The second kappa shape index (κ2) is 6.55. The Morgan fingerprint density at radius 2 is 2.04 bits per heavy atom. The number of hydrogen-bond donors (Lipinski definition) is 0. The Morgan fingerprint density at radius 3 is 2.78 bits per heavy atom. The fourth-order valence-corrected chi connectivity index (χ4v) is 4.38. The van der Waals surface area contributed by atoms with Crippen LogP contribution in [-0.2, 0) is 14.3 Å². The first-order chi connectivity index (χ1) is 11.3. The third-order valence-corrected chi connectivity index (χ3v) is 5.76. The minimum absolute atomic E-state index is 0.0763. The summed E-state index contributed by atoms with van der Waals surface area (Å²) in [4.78, 5) is 19.1. The van der Waals surface area contributed by atoms with Crippen molar-refractivity contribution in [1.82, 2.24) is 9.88 Å². The van der Waals surface area contributed by atoms with Crippen LogP contribution in [0, 0.1) is 0 Å². The van der Waals surface area contributed by atoms with Gasteiger partial charge in [-0.3, -0.25) is 4.79 Å². The van der Waals surface area contributed by atoms with Gasteiger partial charge in [0.05, 0.1) is 35.0 Å². The molecule has 0 saturated carbocycles. The van der Waals surface area contributed by atoms with Crippen molar-refractivity contribution in [3.8, 4) is 0 Å². The van der Waals surface area contributed by atoms with Crippen molar-refractivity contribution < 1.29 is 14.3 Å². The molecule has 1 atom stereocenters. The first-order valence-electron chi connectivity index (χ1n) is 8.15. The third-order valence-electron chi connectivity index (χ3n) is 4.56. The summed E-state index contributed by atoms with van der Waals surface area (Å²) in [7, 11) is 0. The van der Waals surface area contributed by atoms with Gasteiger partial charge in [0.25, 0.3) is 5.91 Å². The fourth-order valence-electron chi connectivity index (χ4n) is 3.25. The van der Waals surface area contributed by atoms with Crippen LogP contribution in [0.5, 0.6) is 0 Å². The Kier molecular flexibility index (Phi) is 4.29. The molecule has 0 spiro atoms. The highest BCUT2D eigenvalue weighted by molar-refractivity contribution is 7.18. The fraction of sp³-hybridized carbons (Fsp3) is 0.529. The number of thiazole rings is 1. The molecule has 1 aromatic carbocycles. The van der Waals surface area contributed by atoms with E-state index in [9.17, 15) is 4.79 Å². The van der Waals surface area contributed by atoms with Crippen molar-refractivity contribution in [3.63, 3.8) is 0 Å². The number of aromatic nitrogens is 1. The third kappa shape index (κ3) is 3.11. The summed E-state index contributed by atoms with van der Waals surface area (Å²) < 4.78 is 12.1. The summed E-state index contributed by atoms with van der Waals surface area (Å²) in [6.45, 7) is 3.04. The molecule has 23 heavy (non-hydrogen) atoms. The minimum Gasteiger partial charge on any atom is -0.376 e. The molecule has 5 nitrogen and oxygen atoms in total. The summed E-state index contributed by atoms with van der Waals surface area (Å²) in [5.74, 6) is 0.535. The molecule has 1 aromatic heterocycles. The maximum atomic E-state index is 12.4. The molecule has 2 fully saturated rings. The van der Waals surface area contributed by atoms with Crippen molar-refractivity contribution in [1.29, 1.82) is 0 Å². The number of piperidine rings is 1. The van der Waals surface area contributed by atoms with E-state index < -0.39 is 6.10 Å². The molecule has 122 valence electrons. The lowest BCUT2D eigenvalue weighted by atomic mass is 9.97. The lowest BCUT2D eigenvalue weighted by Crippen LogP contribution is -2.47. The van der Waals surface area contributed by atoms with E-state index in [0.29, 0.717) is 25.7 Å². The van der Waals surface area contributed by atoms with Crippen molar-refractivity contribution in [2.75, 3.05) is 32.9 Å². The van der Waals surface area contributed by atoms with Crippen LogP contribution in [0.3, 0.4) is 0 Å². The number of amides is 1. The average molecular weight is 332 g/mol. The van der Waals surface area contributed by atoms with Crippen LogP contribution in [0.25, 0.3) is 10.2 Å². The molecule has 0 N–H and O–H groups in total. The van der Waals surface area contributed by atoms with E-state index in [2.05, 4.69) is 18.2 Å². The summed E-state index contributed by atoms with van der Waals surface area (Å²) in [5, 5.41) is 1.20. The van der Waals surface area contributed by atoms with E-state index in [1.165, 1.54) is 9.71 Å². The maximum Gasteiger partial charge on any atom is 0.254 e. The van der Waals surface area contributed by atoms with E-state index in [1.54, 1.807) is 11.3 Å². The highest BCUT2D eigenvalue weighted by atomic mass is 32.1. The van der Waals surface area contributed by atoms with E-state index in [1.807, 2.05) is 11.0 Å². The molecular weight excluding hydrogens is 312 g/mol. The Balaban J connectivity index is 1.39. The van der Waals surface area contributed by atoms with Gasteiger partial charge >= 0.3 is 0 Å². The maximum absolute atomic E-state index is 12.4. The summed E-state index contributed by atoms with van der Waals surface area (Å²) in [6, 6.07) is 8.27. The number of benzene rings is 1. The average Bonchev–Trinajstić information content (AvgIpc) is 3.06. The van der Waals surface area contributed by atoms with Crippen molar-refractivity contribution >= 4 is 27.5 Å². The normalized spacial score (nSPS) is 23.3. The lowest BCUT2D eigenvalue weighted by Gasteiger charge is -2.34. The van der Waals surface area contributed by atoms with E-state index in [-0.39, 0.29) is 5.91 Å². The predicted molar refractivity (Wildman–Crippen MR) is 88.7 cm³/mol. The molecule has 0 radical (unpaired) electrons. The highest BCUT2D eigenvalue weighted by Gasteiger charge is 2.31. The van der Waals surface area contributed by atoms with Gasteiger partial charge in [-0.2, -0.15) is 0 Å². The molecule has 6 heteroatoms. The number of fused-ring (bicyclic) bond motifs is 1. The smallest absolute Gasteiger partial charge is 0.254 e. The first-order valence-corrected chi connectivity index (χ1v) is 8.96. The van der Waals surface area contributed by atoms with Crippen LogP contribution in [0.1, 0.15) is 23.8 Å². The number of hydrogen-bond acceptors (Lipinski definition) is 5. The number of rotatable bonds is 2. The van der Waals surface area contributed by atoms with Gasteiger partial charge in [0, 0.05) is 19.0 Å². The molecule has 2 aromatic rings. The molecule has 1 unspecified atom stereocenters. The molecule has 0 bridgehead atoms. The number of nitrogens with zero attached hydrogens (tertiary/aromatic N) is 2. The van der Waals surface area contributed by atoms with Gasteiger partial charge in [-0.15, -0.1) is 11.3 Å². The van der Waals surface area contributed by atoms with Crippen LogP contribution in [0.2, 0.25) is 0 Å². The monoisotopic (exact) mass is 332 g/mol. The topological polar surface area (TPSA) is 51.7 Å². The van der Waals surface area contributed by atoms with Gasteiger partial charge < -0.3 is 14.4 Å². The zero-order valence-corrected chi connectivity index (χ0v) is 13.8. The molecule has 2 saturated heterocycles. The molecule has 4 rings (SSSR count). The van der Waals surface area contributed by atoms with Gasteiger partial charge in [0.2, 0.25) is 0 Å².